The van der Waals surface area contributed by atoms with Crippen LogP contribution in [-0.2, 0) is 4.79 Å². The van der Waals surface area contributed by atoms with Crippen LogP contribution >= 0.6 is 0 Å². The van der Waals surface area contributed by atoms with Crippen molar-refractivity contribution in [1.82, 2.24) is 15.1 Å². The Labute approximate surface area is 112 Å². The van der Waals surface area contributed by atoms with Crippen molar-refractivity contribution in [2.24, 2.45) is 11.1 Å². The molecule has 0 saturated heterocycles. The molecule has 19 heavy (non-hydrogen) atoms. The number of anilines is 1. The minimum absolute atomic E-state index is 0.212. The molecule has 104 valence electrons. The first kappa shape index (κ1) is 14.9. The molecule has 0 aliphatic rings. The van der Waals surface area contributed by atoms with Crippen LogP contribution in [0.5, 0.6) is 0 Å². The summed E-state index contributed by atoms with van der Waals surface area (Å²) in [5.41, 5.74) is 4.85. The number of rotatable bonds is 5. The van der Waals surface area contributed by atoms with Gasteiger partial charge in [-0.05, 0) is 26.0 Å². The summed E-state index contributed by atoms with van der Waals surface area (Å²) in [6.45, 7) is 3.82. The second-order valence-corrected chi connectivity index (χ2v) is 5.11. The van der Waals surface area contributed by atoms with Crippen molar-refractivity contribution < 1.29 is 9.59 Å². The SMILES string of the molecule is CN(C)C(=O)c1ccc(NCC(C)(C)C(N)=O)nn1. The minimum atomic E-state index is -0.681. The molecule has 3 N–H and O–H groups in total. The highest BCUT2D eigenvalue weighted by Gasteiger charge is 2.24. The van der Waals surface area contributed by atoms with E-state index in [2.05, 4.69) is 15.5 Å². The smallest absolute Gasteiger partial charge is 0.273 e. The summed E-state index contributed by atoms with van der Waals surface area (Å²) in [6.07, 6.45) is 0. The van der Waals surface area contributed by atoms with Gasteiger partial charge in [-0.25, -0.2) is 0 Å². The fraction of sp³-hybridized carbons (Fsp3) is 0.500. The third kappa shape index (κ3) is 3.90. The molecule has 0 aromatic carbocycles. The number of carbonyl (C=O) groups excluding carboxylic acids is 2. The monoisotopic (exact) mass is 265 g/mol. The molecule has 0 aliphatic heterocycles. The van der Waals surface area contributed by atoms with Crippen molar-refractivity contribution in [3.8, 4) is 0 Å². The van der Waals surface area contributed by atoms with Crippen molar-refractivity contribution in [2.75, 3.05) is 26.0 Å². The lowest BCUT2D eigenvalue weighted by Crippen LogP contribution is -2.37. The fourth-order valence-corrected chi connectivity index (χ4v) is 1.17. The number of primary amides is 1. The number of aromatic nitrogens is 2. The number of hydrogen-bond acceptors (Lipinski definition) is 5. The molecular weight excluding hydrogens is 246 g/mol. The maximum Gasteiger partial charge on any atom is 0.273 e. The first-order valence-corrected chi connectivity index (χ1v) is 5.83. The van der Waals surface area contributed by atoms with Gasteiger partial charge in [0.2, 0.25) is 5.91 Å². The van der Waals surface area contributed by atoms with Crippen LogP contribution in [0.4, 0.5) is 5.82 Å². The zero-order valence-corrected chi connectivity index (χ0v) is 11.6. The maximum atomic E-state index is 11.6. The molecule has 0 spiro atoms. The van der Waals surface area contributed by atoms with Crippen LogP contribution in [0, 0.1) is 5.41 Å². The van der Waals surface area contributed by atoms with Gasteiger partial charge in [0.25, 0.3) is 5.91 Å². The predicted octanol–water partition coefficient (Wildman–Crippen LogP) is 0.102. The summed E-state index contributed by atoms with van der Waals surface area (Å²) in [6, 6.07) is 3.22. The van der Waals surface area contributed by atoms with E-state index in [0.717, 1.165) is 0 Å². The van der Waals surface area contributed by atoms with Crippen LogP contribution in [0.3, 0.4) is 0 Å². The van der Waals surface area contributed by atoms with E-state index in [0.29, 0.717) is 12.4 Å². The molecule has 1 aromatic heterocycles. The number of carbonyl (C=O) groups is 2. The van der Waals surface area contributed by atoms with Gasteiger partial charge in [0.05, 0.1) is 5.41 Å². The lowest BCUT2D eigenvalue weighted by Gasteiger charge is -2.20. The van der Waals surface area contributed by atoms with E-state index in [1.54, 1.807) is 40.1 Å². The Balaban J connectivity index is 2.68. The van der Waals surface area contributed by atoms with E-state index in [1.165, 1.54) is 4.90 Å². The second kappa shape index (κ2) is 5.64. The number of nitrogens with zero attached hydrogens (tertiary/aromatic N) is 3. The van der Waals surface area contributed by atoms with Crippen molar-refractivity contribution >= 4 is 17.6 Å². The molecule has 0 aliphatic carbocycles. The highest BCUT2D eigenvalue weighted by Crippen LogP contribution is 2.14. The molecule has 2 amide bonds. The van der Waals surface area contributed by atoms with Crippen LogP contribution in [0.25, 0.3) is 0 Å². The largest absolute Gasteiger partial charge is 0.369 e. The molecule has 1 rings (SSSR count). The lowest BCUT2D eigenvalue weighted by atomic mass is 9.93. The lowest BCUT2D eigenvalue weighted by molar-refractivity contribution is -0.125. The van der Waals surface area contributed by atoms with Gasteiger partial charge >= 0.3 is 0 Å². The Morgan fingerprint density at radius 3 is 2.37 bits per heavy atom. The van der Waals surface area contributed by atoms with Gasteiger partial charge in [-0.2, -0.15) is 0 Å². The predicted molar refractivity (Wildman–Crippen MR) is 71.5 cm³/mol. The van der Waals surface area contributed by atoms with Gasteiger partial charge in [0.1, 0.15) is 5.82 Å². The van der Waals surface area contributed by atoms with Crippen molar-refractivity contribution in [3.05, 3.63) is 17.8 Å². The van der Waals surface area contributed by atoms with E-state index in [1.807, 2.05) is 0 Å². The Morgan fingerprint density at radius 2 is 1.95 bits per heavy atom. The molecule has 0 bridgehead atoms. The summed E-state index contributed by atoms with van der Waals surface area (Å²) in [4.78, 5) is 24.2. The van der Waals surface area contributed by atoms with Crippen molar-refractivity contribution in [1.29, 1.82) is 0 Å². The average Bonchev–Trinajstić information content (AvgIpc) is 2.36. The highest BCUT2D eigenvalue weighted by atomic mass is 16.2. The zero-order chi connectivity index (χ0) is 14.6. The van der Waals surface area contributed by atoms with E-state index in [-0.39, 0.29) is 11.6 Å². The number of nitrogens with one attached hydrogen (secondary N) is 1. The minimum Gasteiger partial charge on any atom is -0.369 e. The summed E-state index contributed by atoms with van der Waals surface area (Å²) in [5.74, 6) is -0.117. The van der Waals surface area contributed by atoms with Gasteiger partial charge < -0.3 is 16.0 Å². The molecule has 0 unspecified atom stereocenters. The zero-order valence-electron chi connectivity index (χ0n) is 11.6. The maximum absolute atomic E-state index is 11.6. The van der Waals surface area contributed by atoms with E-state index in [9.17, 15) is 9.59 Å². The molecular formula is C12H19N5O2. The molecule has 0 saturated carbocycles. The summed E-state index contributed by atoms with van der Waals surface area (Å²) < 4.78 is 0. The summed E-state index contributed by atoms with van der Waals surface area (Å²) in [5, 5.41) is 10.7. The topological polar surface area (TPSA) is 101 Å². The second-order valence-electron chi connectivity index (χ2n) is 5.11. The van der Waals surface area contributed by atoms with Crippen LogP contribution in [-0.4, -0.2) is 47.6 Å². The average molecular weight is 265 g/mol. The van der Waals surface area contributed by atoms with Gasteiger partial charge in [-0.15, -0.1) is 10.2 Å². The van der Waals surface area contributed by atoms with Crippen LogP contribution in [0.15, 0.2) is 12.1 Å². The van der Waals surface area contributed by atoms with Gasteiger partial charge in [0.15, 0.2) is 5.69 Å². The Morgan fingerprint density at radius 1 is 1.32 bits per heavy atom. The Kier molecular flexibility index (Phi) is 4.42. The Bertz CT molecular complexity index is 468. The van der Waals surface area contributed by atoms with Gasteiger partial charge in [-0.3, -0.25) is 9.59 Å². The van der Waals surface area contributed by atoms with Crippen LogP contribution in [0.1, 0.15) is 24.3 Å². The summed E-state index contributed by atoms with van der Waals surface area (Å²) >= 11 is 0. The standard InChI is InChI=1S/C12H19N5O2/c1-12(2,11(13)19)7-14-9-6-5-8(15-16-9)10(18)17(3)4/h5-6H,7H2,1-4H3,(H2,13,19)(H,14,16). The summed E-state index contributed by atoms with van der Waals surface area (Å²) in [7, 11) is 3.29. The number of nitrogens with two attached hydrogens (primary N) is 1. The third-order valence-corrected chi connectivity index (χ3v) is 2.67. The highest BCUT2D eigenvalue weighted by molar-refractivity contribution is 5.91. The molecule has 7 heteroatoms. The fourth-order valence-electron chi connectivity index (χ4n) is 1.17. The van der Waals surface area contributed by atoms with Crippen LogP contribution < -0.4 is 11.1 Å². The molecule has 1 aromatic rings. The van der Waals surface area contributed by atoms with E-state index >= 15 is 0 Å². The molecule has 0 atom stereocenters. The van der Waals surface area contributed by atoms with Gasteiger partial charge in [0, 0.05) is 20.6 Å². The normalized spacial score (nSPS) is 10.9. The molecule has 7 nitrogen and oxygen atoms in total. The number of amides is 2. The Hall–Kier alpha value is -2.18. The van der Waals surface area contributed by atoms with E-state index in [4.69, 9.17) is 5.73 Å². The molecule has 0 fully saturated rings. The third-order valence-electron chi connectivity index (χ3n) is 2.67. The molecule has 0 radical (unpaired) electrons. The van der Waals surface area contributed by atoms with Crippen molar-refractivity contribution in [3.63, 3.8) is 0 Å². The number of hydrogen-bond donors (Lipinski definition) is 2. The van der Waals surface area contributed by atoms with Crippen LogP contribution in [0.2, 0.25) is 0 Å². The first-order valence-electron chi connectivity index (χ1n) is 5.83. The molecule has 1 heterocycles. The first-order chi connectivity index (χ1) is 8.74. The quantitative estimate of drug-likeness (QED) is 0.786. The van der Waals surface area contributed by atoms with Gasteiger partial charge in [-0.1, -0.05) is 0 Å². The van der Waals surface area contributed by atoms with Crippen molar-refractivity contribution in [2.45, 2.75) is 13.8 Å². The van der Waals surface area contributed by atoms with E-state index < -0.39 is 11.3 Å².